The normalized spacial score (nSPS) is 43.3. The minimum atomic E-state index is 0.758. The minimum absolute atomic E-state index is 0.758. The van der Waals surface area contributed by atoms with E-state index in [2.05, 4.69) is 5.32 Å². The SMILES string of the molecule is C1CC2CC2C(NC2CCOCC2)C1. The molecule has 0 radical (unpaired) electrons. The molecule has 2 saturated carbocycles. The van der Waals surface area contributed by atoms with Crippen molar-refractivity contribution >= 4 is 0 Å². The molecule has 2 nitrogen and oxygen atoms in total. The lowest BCUT2D eigenvalue weighted by Crippen LogP contribution is -2.43. The van der Waals surface area contributed by atoms with E-state index in [9.17, 15) is 0 Å². The molecule has 0 aromatic carbocycles. The number of hydrogen-bond acceptors (Lipinski definition) is 2. The lowest BCUT2D eigenvalue weighted by molar-refractivity contribution is 0.0725. The number of hydrogen-bond donors (Lipinski definition) is 1. The molecule has 80 valence electrons. The second kappa shape index (κ2) is 3.82. The van der Waals surface area contributed by atoms with Crippen LogP contribution in [0.1, 0.15) is 38.5 Å². The molecular weight excluding hydrogens is 174 g/mol. The molecule has 3 rings (SSSR count). The Balaban J connectivity index is 1.50. The van der Waals surface area contributed by atoms with Crippen LogP contribution in [0.25, 0.3) is 0 Å². The third-order valence-corrected chi connectivity index (χ3v) is 4.26. The Kier molecular flexibility index (Phi) is 2.50. The Labute approximate surface area is 86.4 Å². The molecule has 0 spiro atoms. The van der Waals surface area contributed by atoms with Crippen LogP contribution in [0.2, 0.25) is 0 Å². The standard InChI is InChI=1S/C12H21NO/c1-2-9-8-11(9)12(3-1)13-10-4-6-14-7-5-10/h9-13H,1-8H2. The molecule has 0 aromatic heterocycles. The van der Waals surface area contributed by atoms with E-state index in [1.54, 1.807) is 0 Å². The fourth-order valence-corrected chi connectivity index (χ4v) is 3.28. The monoisotopic (exact) mass is 195 g/mol. The van der Waals surface area contributed by atoms with Crippen LogP contribution in [-0.2, 0) is 4.74 Å². The lowest BCUT2D eigenvalue weighted by atomic mass is 9.94. The van der Waals surface area contributed by atoms with E-state index >= 15 is 0 Å². The van der Waals surface area contributed by atoms with Crippen molar-refractivity contribution in [3.63, 3.8) is 0 Å². The molecule has 1 heterocycles. The van der Waals surface area contributed by atoms with Crippen molar-refractivity contribution in [1.29, 1.82) is 0 Å². The molecule has 2 heteroatoms. The highest BCUT2D eigenvalue weighted by Crippen LogP contribution is 2.49. The molecule has 3 atom stereocenters. The van der Waals surface area contributed by atoms with Crippen LogP contribution in [0.15, 0.2) is 0 Å². The molecule has 0 bridgehead atoms. The molecule has 3 aliphatic rings. The fourth-order valence-electron chi connectivity index (χ4n) is 3.28. The van der Waals surface area contributed by atoms with Gasteiger partial charge in [-0.2, -0.15) is 0 Å². The van der Waals surface area contributed by atoms with E-state index in [0.29, 0.717) is 0 Å². The quantitative estimate of drug-likeness (QED) is 0.727. The van der Waals surface area contributed by atoms with Gasteiger partial charge in [0.2, 0.25) is 0 Å². The predicted molar refractivity (Wildman–Crippen MR) is 56.2 cm³/mol. The summed E-state index contributed by atoms with van der Waals surface area (Å²) in [6, 6.07) is 1.62. The molecule has 0 aromatic rings. The number of rotatable bonds is 2. The Bertz CT molecular complexity index is 200. The van der Waals surface area contributed by atoms with Gasteiger partial charge in [0.15, 0.2) is 0 Å². The van der Waals surface area contributed by atoms with Crippen molar-refractivity contribution in [2.75, 3.05) is 13.2 Å². The first-order valence-electron chi connectivity index (χ1n) is 6.27. The van der Waals surface area contributed by atoms with Crippen molar-refractivity contribution in [1.82, 2.24) is 5.32 Å². The summed E-state index contributed by atoms with van der Waals surface area (Å²) in [6.07, 6.45) is 8.37. The van der Waals surface area contributed by atoms with Crippen molar-refractivity contribution in [3.8, 4) is 0 Å². The van der Waals surface area contributed by atoms with Crippen LogP contribution in [0.5, 0.6) is 0 Å². The Morgan fingerprint density at radius 3 is 2.71 bits per heavy atom. The third-order valence-electron chi connectivity index (χ3n) is 4.26. The summed E-state index contributed by atoms with van der Waals surface area (Å²) in [5, 5.41) is 3.87. The van der Waals surface area contributed by atoms with Gasteiger partial charge in [-0.3, -0.25) is 0 Å². The number of fused-ring (bicyclic) bond motifs is 1. The van der Waals surface area contributed by atoms with Gasteiger partial charge in [0.1, 0.15) is 0 Å². The first-order chi connectivity index (χ1) is 6.93. The van der Waals surface area contributed by atoms with Gasteiger partial charge < -0.3 is 10.1 Å². The van der Waals surface area contributed by atoms with Crippen molar-refractivity contribution in [3.05, 3.63) is 0 Å². The van der Waals surface area contributed by atoms with E-state index in [0.717, 1.165) is 37.1 Å². The highest BCUT2D eigenvalue weighted by molar-refractivity contribution is 4.99. The van der Waals surface area contributed by atoms with E-state index in [1.807, 2.05) is 0 Å². The smallest absolute Gasteiger partial charge is 0.0480 e. The zero-order chi connectivity index (χ0) is 9.38. The largest absolute Gasteiger partial charge is 0.381 e. The topological polar surface area (TPSA) is 21.3 Å². The van der Waals surface area contributed by atoms with E-state index in [4.69, 9.17) is 4.74 Å². The first-order valence-corrected chi connectivity index (χ1v) is 6.27. The van der Waals surface area contributed by atoms with Crippen LogP contribution in [0, 0.1) is 11.8 Å². The summed E-state index contributed by atoms with van der Waals surface area (Å²) in [5.41, 5.74) is 0. The molecule has 3 unspecified atom stereocenters. The Morgan fingerprint density at radius 2 is 1.86 bits per heavy atom. The average Bonchev–Trinajstić information content (AvgIpc) is 2.99. The number of nitrogens with one attached hydrogen (secondary N) is 1. The third kappa shape index (κ3) is 1.82. The van der Waals surface area contributed by atoms with E-state index in [-0.39, 0.29) is 0 Å². The van der Waals surface area contributed by atoms with Gasteiger partial charge in [0.25, 0.3) is 0 Å². The molecule has 2 aliphatic carbocycles. The van der Waals surface area contributed by atoms with Crippen molar-refractivity contribution in [2.45, 2.75) is 50.6 Å². The fraction of sp³-hybridized carbons (Fsp3) is 1.00. The van der Waals surface area contributed by atoms with Crippen LogP contribution < -0.4 is 5.32 Å². The second-order valence-electron chi connectivity index (χ2n) is 5.25. The van der Waals surface area contributed by atoms with Crippen LogP contribution in [0.3, 0.4) is 0 Å². The van der Waals surface area contributed by atoms with Crippen LogP contribution in [0.4, 0.5) is 0 Å². The van der Waals surface area contributed by atoms with Crippen LogP contribution >= 0.6 is 0 Å². The zero-order valence-electron chi connectivity index (χ0n) is 8.87. The van der Waals surface area contributed by atoms with Gasteiger partial charge in [-0.25, -0.2) is 0 Å². The predicted octanol–water partition coefficient (Wildman–Crippen LogP) is 1.94. The van der Waals surface area contributed by atoms with Crippen LogP contribution in [-0.4, -0.2) is 25.3 Å². The van der Waals surface area contributed by atoms with Gasteiger partial charge in [0, 0.05) is 25.3 Å². The molecule has 3 fully saturated rings. The lowest BCUT2D eigenvalue weighted by Gasteiger charge is -2.30. The average molecular weight is 195 g/mol. The summed E-state index contributed by atoms with van der Waals surface area (Å²) in [6.45, 7) is 1.94. The highest BCUT2D eigenvalue weighted by Gasteiger charge is 2.45. The Morgan fingerprint density at radius 1 is 1.00 bits per heavy atom. The van der Waals surface area contributed by atoms with Gasteiger partial charge in [-0.05, 0) is 37.5 Å². The molecular formula is C12H21NO. The van der Waals surface area contributed by atoms with E-state index < -0.39 is 0 Å². The summed E-state index contributed by atoms with van der Waals surface area (Å²) in [4.78, 5) is 0. The van der Waals surface area contributed by atoms with Crippen molar-refractivity contribution < 1.29 is 4.74 Å². The molecule has 1 saturated heterocycles. The molecule has 14 heavy (non-hydrogen) atoms. The first kappa shape index (κ1) is 9.17. The van der Waals surface area contributed by atoms with E-state index in [1.165, 1.54) is 38.5 Å². The molecule has 1 N–H and O–H groups in total. The summed E-state index contributed by atoms with van der Waals surface area (Å²) in [7, 11) is 0. The maximum Gasteiger partial charge on any atom is 0.0480 e. The molecule has 1 aliphatic heterocycles. The maximum absolute atomic E-state index is 5.39. The Hall–Kier alpha value is -0.0800. The van der Waals surface area contributed by atoms with Crippen molar-refractivity contribution in [2.24, 2.45) is 11.8 Å². The van der Waals surface area contributed by atoms with Gasteiger partial charge in [-0.1, -0.05) is 12.8 Å². The number of ether oxygens (including phenoxy) is 1. The minimum Gasteiger partial charge on any atom is -0.381 e. The summed E-state index contributed by atoms with van der Waals surface area (Å²) in [5.74, 6) is 2.15. The highest BCUT2D eigenvalue weighted by atomic mass is 16.5. The zero-order valence-corrected chi connectivity index (χ0v) is 8.87. The summed E-state index contributed by atoms with van der Waals surface area (Å²) < 4.78 is 5.39. The van der Waals surface area contributed by atoms with Gasteiger partial charge >= 0.3 is 0 Å². The van der Waals surface area contributed by atoms with Gasteiger partial charge in [0.05, 0.1) is 0 Å². The maximum atomic E-state index is 5.39. The molecule has 0 amide bonds. The summed E-state index contributed by atoms with van der Waals surface area (Å²) >= 11 is 0. The van der Waals surface area contributed by atoms with Gasteiger partial charge in [-0.15, -0.1) is 0 Å². The second-order valence-corrected chi connectivity index (χ2v) is 5.25.